The second-order valence-corrected chi connectivity index (χ2v) is 8.09. The van der Waals surface area contributed by atoms with Crippen LogP contribution in [0.25, 0.3) is 16.7 Å². The molecule has 0 saturated heterocycles. The predicted octanol–water partition coefficient (Wildman–Crippen LogP) is 7.91. The van der Waals surface area contributed by atoms with Gasteiger partial charge < -0.3 is 5.32 Å². The minimum absolute atomic E-state index is 0.0405. The molecule has 176 valence electrons. The Morgan fingerprint density at radius 1 is 0.941 bits per heavy atom. The Balaban J connectivity index is 0.000000447. The number of hydrogen-bond acceptors (Lipinski definition) is 3. The number of benzene rings is 2. The van der Waals surface area contributed by atoms with E-state index in [1.54, 1.807) is 12.1 Å². The Hall–Kier alpha value is -3.92. The summed E-state index contributed by atoms with van der Waals surface area (Å²) in [5.41, 5.74) is 5.79. The molecule has 0 aliphatic carbocycles. The maximum absolute atomic E-state index is 12.7. The number of allylic oxidation sites excluding steroid dienone is 3. The van der Waals surface area contributed by atoms with E-state index in [9.17, 15) is 4.79 Å². The molecule has 34 heavy (non-hydrogen) atoms. The van der Waals surface area contributed by atoms with Gasteiger partial charge in [-0.25, -0.2) is 4.98 Å². The van der Waals surface area contributed by atoms with Crippen molar-refractivity contribution in [3.8, 4) is 5.69 Å². The van der Waals surface area contributed by atoms with Crippen molar-refractivity contribution in [3.63, 3.8) is 0 Å². The van der Waals surface area contributed by atoms with Crippen molar-refractivity contribution in [2.75, 3.05) is 5.32 Å². The van der Waals surface area contributed by atoms with Gasteiger partial charge in [0.2, 0.25) is 0 Å². The van der Waals surface area contributed by atoms with E-state index in [0.29, 0.717) is 16.9 Å². The third-order valence-electron chi connectivity index (χ3n) is 5.07. The van der Waals surface area contributed by atoms with Gasteiger partial charge in [0.05, 0.1) is 5.39 Å². The van der Waals surface area contributed by atoms with Crippen LogP contribution in [0.2, 0.25) is 0 Å². The van der Waals surface area contributed by atoms with Gasteiger partial charge >= 0.3 is 0 Å². The Morgan fingerprint density at radius 2 is 1.47 bits per heavy atom. The Morgan fingerprint density at radius 3 is 2.00 bits per heavy atom. The highest BCUT2D eigenvalue weighted by Gasteiger charge is 2.14. The fraction of sp³-hybridized carbons (Fsp3) is 0.200. The molecule has 4 rings (SSSR count). The molecule has 2 aromatic heterocycles. The molecule has 2 heterocycles. The molecule has 0 atom stereocenters. The van der Waals surface area contributed by atoms with Crippen LogP contribution >= 0.6 is 0 Å². The maximum Gasteiger partial charge on any atom is 0.193 e. The first-order chi connectivity index (χ1) is 16.3. The number of pyridine rings is 2. The van der Waals surface area contributed by atoms with E-state index in [-0.39, 0.29) is 5.43 Å². The third kappa shape index (κ3) is 7.04. The number of aryl methyl sites for hydroxylation is 2. The molecule has 4 nitrogen and oxygen atoms in total. The molecule has 0 bridgehead atoms. The molecule has 4 heteroatoms. The molecule has 2 aromatic carbocycles. The molecule has 0 fully saturated rings. The molecule has 0 unspecified atom stereocenters. The highest BCUT2D eigenvalue weighted by atomic mass is 16.1. The van der Waals surface area contributed by atoms with Crippen molar-refractivity contribution < 1.29 is 0 Å². The van der Waals surface area contributed by atoms with Gasteiger partial charge in [-0.15, -0.1) is 6.58 Å². The largest absolute Gasteiger partial charge is 0.341 e. The lowest BCUT2D eigenvalue weighted by Gasteiger charge is -2.18. The number of rotatable bonds is 3. The van der Waals surface area contributed by atoms with Crippen molar-refractivity contribution in [1.82, 2.24) is 9.55 Å². The minimum atomic E-state index is -0.0405. The van der Waals surface area contributed by atoms with Crippen molar-refractivity contribution in [1.29, 1.82) is 0 Å². The Labute approximate surface area is 203 Å². The first-order valence-corrected chi connectivity index (χ1v) is 11.4. The van der Waals surface area contributed by atoms with Crippen molar-refractivity contribution in [2.24, 2.45) is 0 Å². The summed E-state index contributed by atoms with van der Waals surface area (Å²) in [4.78, 5) is 17.5. The van der Waals surface area contributed by atoms with Crippen LogP contribution in [-0.2, 0) is 0 Å². The van der Waals surface area contributed by atoms with Gasteiger partial charge in [0.25, 0.3) is 0 Å². The van der Waals surface area contributed by atoms with E-state index in [1.807, 2.05) is 99.0 Å². The fourth-order valence-corrected chi connectivity index (χ4v) is 3.02. The van der Waals surface area contributed by atoms with E-state index in [0.717, 1.165) is 22.6 Å². The molecule has 0 aliphatic heterocycles. The zero-order valence-corrected chi connectivity index (χ0v) is 21.1. The van der Waals surface area contributed by atoms with Gasteiger partial charge in [0, 0.05) is 23.1 Å². The van der Waals surface area contributed by atoms with Crippen LogP contribution in [0.15, 0.2) is 102 Å². The maximum atomic E-state index is 12.7. The first-order valence-electron chi connectivity index (χ1n) is 11.4. The van der Waals surface area contributed by atoms with Gasteiger partial charge in [-0.3, -0.25) is 9.36 Å². The highest BCUT2D eigenvalue weighted by molar-refractivity contribution is 5.81. The summed E-state index contributed by atoms with van der Waals surface area (Å²) in [6.07, 6.45) is 3.83. The van der Waals surface area contributed by atoms with Crippen LogP contribution in [-0.4, -0.2) is 9.55 Å². The molecule has 0 saturated carbocycles. The van der Waals surface area contributed by atoms with Gasteiger partial charge in [-0.1, -0.05) is 54.1 Å². The monoisotopic (exact) mass is 453 g/mol. The van der Waals surface area contributed by atoms with Crippen LogP contribution in [0.4, 0.5) is 11.5 Å². The summed E-state index contributed by atoms with van der Waals surface area (Å²) in [6.45, 7) is 15.4. The number of aromatic nitrogens is 2. The smallest absolute Gasteiger partial charge is 0.193 e. The Bertz CT molecular complexity index is 1300. The molecule has 0 aliphatic rings. The summed E-state index contributed by atoms with van der Waals surface area (Å²) in [7, 11) is 0. The van der Waals surface area contributed by atoms with Crippen molar-refractivity contribution >= 4 is 22.5 Å². The topological polar surface area (TPSA) is 46.9 Å². The SMILES string of the molecule is C=CC.CC=C(C)C.Cc1cc2c(=O)cc(Nc3ccccc3)n(-c3ccccc3)c2nc1C. The standard InChI is InChI=1S/C22H19N3O.C5H10.C3H6/c1-15-13-19-20(26)14-21(24-17-9-5-3-6-10-17)25(22(19)23-16(15)2)18-11-7-4-8-12-18;1-4-5(2)3;1-3-2/h3-14,24H,1-2H3;4H,1-3H3;3H,1H2,2H3. The number of nitrogens with one attached hydrogen (secondary N) is 1. The average Bonchev–Trinajstić information content (AvgIpc) is 2.83. The van der Waals surface area contributed by atoms with E-state index < -0.39 is 0 Å². The van der Waals surface area contributed by atoms with E-state index in [1.165, 1.54) is 5.57 Å². The van der Waals surface area contributed by atoms with Crippen LogP contribution in [0.3, 0.4) is 0 Å². The predicted molar refractivity (Wildman–Crippen MR) is 148 cm³/mol. The minimum Gasteiger partial charge on any atom is -0.341 e. The second-order valence-electron chi connectivity index (χ2n) is 8.09. The number of nitrogens with zero attached hydrogens (tertiary/aromatic N) is 2. The van der Waals surface area contributed by atoms with E-state index in [4.69, 9.17) is 4.98 Å². The summed E-state index contributed by atoms with van der Waals surface area (Å²) in [5, 5.41) is 3.98. The van der Waals surface area contributed by atoms with Crippen molar-refractivity contribution in [3.05, 3.63) is 119 Å². The summed E-state index contributed by atoms with van der Waals surface area (Å²) in [5.74, 6) is 0.690. The van der Waals surface area contributed by atoms with Gasteiger partial charge in [-0.05, 0) is 77.4 Å². The lowest BCUT2D eigenvalue weighted by atomic mass is 10.1. The summed E-state index contributed by atoms with van der Waals surface area (Å²) >= 11 is 0. The van der Waals surface area contributed by atoms with Crippen molar-refractivity contribution in [2.45, 2.75) is 41.5 Å². The summed E-state index contributed by atoms with van der Waals surface area (Å²) < 4.78 is 2.00. The number of fused-ring (bicyclic) bond motifs is 1. The number of hydrogen-bond donors (Lipinski definition) is 1. The van der Waals surface area contributed by atoms with Crippen LogP contribution < -0.4 is 10.7 Å². The quantitative estimate of drug-likeness (QED) is 0.321. The van der Waals surface area contributed by atoms with Gasteiger partial charge in [0.1, 0.15) is 11.5 Å². The first kappa shape index (κ1) is 26.3. The van der Waals surface area contributed by atoms with Crippen LogP contribution in [0, 0.1) is 13.8 Å². The molecule has 1 N–H and O–H groups in total. The average molecular weight is 454 g/mol. The molecule has 0 amide bonds. The molecule has 4 aromatic rings. The molecule has 0 spiro atoms. The molecular weight excluding hydrogens is 418 g/mol. The number of para-hydroxylation sites is 2. The van der Waals surface area contributed by atoms with Gasteiger partial charge in [0.15, 0.2) is 5.43 Å². The lowest BCUT2D eigenvalue weighted by Crippen LogP contribution is -2.14. The van der Waals surface area contributed by atoms with E-state index in [2.05, 4.69) is 31.8 Å². The zero-order chi connectivity index (χ0) is 25.1. The number of anilines is 2. The van der Waals surface area contributed by atoms with E-state index >= 15 is 0 Å². The van der Waals surface area contributed by atoms with Crippen LogP contribution in [0.1, 0.15) is 39.0 Å². The zero-order valence-electron chi connectivity index (χ0n) is 21.1. The highest BCUT2D eigenvalue weighted by Crippen LogP contribution is 2.25. The summed E-state index contributed by atoms with van der Waals surface area (Å²) in [6, 6.07) is 23.3. The normalized spacial score (nSPS) is 9.71. The van der Waals surface area contributed by atoms with Crippen LogP contribution in [0.5, 0.6) is 0 Å². The molecular formula is C30H35N3O. The Kier molecular flexibility index (Phi) is 10.0. The second kappa shape index (κ2) is 12.9. The molecule has 0 radical (unpaired) electrons. The van der Waals surface area contributed by atoms with Gasteiger partial charge in [-0.2, -0.15) is 0 Å². The fourth-order valence-electron chi connectivity index (χ4n) is 3.02. The third-order valence-corrected chi connectivity index (χ3v) is 5.07. The lowest BCUT2D eigenvalue weighted by molar-refractivity contribution is 1.04.